The van der Waals surface area contributed by atoms with Crippen molar-refractivity contribution in [3.8, 4) is 0 Å². The third-order valence-electron chi connectivity index (χ3n) is 4.45. The van der Waals surface area contributed by atoms with E-state index >= 15 is 0 Å². The van der Waals surface area contributed by atoms with Gasteiger partial charge in [0.1, 0.15) is 5.82 Å². The molecule has 4 nitrogen and oxygen atoms in total. The Bertz CT molecular complexity index is 669. The summed E-state index contributed by atoms with van der Waals surface area (Å²) < 4.78 is 2.28. The molecule has 0 aliphatic carbocycles. The molecule has 23 heavy (non-hydrogen) atoms. The number of nitrogens with zero attached hydrogens (tertiary/aromatic N) is 3. The molecule has 0 radical (unpaired) electrons. The SMILES string of the molecule is Cc1cnc(C2CN(C(=O)CC(C)C)C2)n1Cc1ccccc1. The number of carbonyl (C=O) groups excluding carboxylic acids is 1. The van der Waals surface area contributed by atoms with Crippen molar-refractivity contribution in [2.75, 3.05) is 13.1 Å². The molecule has 2 aromatic rings. The van der Waals surface area contributed by atoms with Crippen LogP contribution in [0.1, 0.15) is 43.3 Å². The lowest BCUT2D eigenvalue weighted by molar-refractivity contribution is -0.136. The molecule has 2 heterocycles. The first kappa shape index (κ1) is 15.8. The Morgan fingerprint density at radius 2 is 1.96 bits per heavy atom. The van der Waals surface area contributed by atoms with Gasteiger partial charge in [-0.2, -0.15) is 0 Å². The summed E-state index contributed by atoms with van der Waals surface area (Å²) in [6.45, 7) is 8.72. The summed E-state index contributed by atoms with van der Waals surface area (Å²) in [4.78, 5) is 18.7. The van der Waals surface area contributed by atoms with Crippen LogP contribution in [0.4, 0.5) is 0 Å². The molecule has 1 aliphatic rings. The first-order valence-electron chi connectivity index (χ1n) is 8.38. The molecule has 0 bridgehead atoms. The maximum atomic E-state index is 12.1. The van der Waals surface area contributed by atoms with E-state index in [1.165, 1.54) is 11.3 Å². The van der Waals surface area contributed by atoms with Gasteiger partial charge in [0.05, 0.1) is 5.92 Å². The van der Waals surface area contributed by atoms with Gasteiger partial charge < -0.3 is 9.47 Å². The molecular formula is C19H25N3O. The highest BCUT2D eigenvalue weighted by Gasteiger charge is 2.34. The van der Waals surface area contributed by atoms with Crippen LogP contribution in [0.5, 0.6) is 0 Å². The fraction of sp³-hybridized carbons (Fsp3) is 0.474. The largest absolute Gasteiger partial charge is 0.341 e. The van der Waals surface area contributed by atoms with Crippen molar-refractivity contribution < 1.29 is 4.79 Å². The molecule has 1 aromatic heterocycles. The van der Waals surface area contributed by atoms with E-state index in [1.807, 2.05) is 17.2 Å². The summed E-state index contributed by atoms with van der Waals surface area (Å²) >= 11 is 0. The number of aryl methyl sites for hydroxylation is 1. The Morgan fingerprint density at radius 1 is 1.26 bits per heavy atom. The van der Waals surface area contributed by atoms with Gasteiger partial charge in [-0.05, 0) is 18.4 Å². The smallest absolute Gasteiger partial charge is 0.222 e. The Hall–Kier alpha value is -2.10. The molecule has 0 unspecified atom stereocenters. The van der Waals surface area contributed by atoms with E-state index in [1.54, 1.807) is 0 Å². The van der Waals surface area contributed by atoms with Gasteiger partial charge in [0.2, 0.25) is 5.91 Å². The Labute approximate surface area is 138 Å². The van der Waals surface area contributed by atoms with Crippen LogP contribution in [0.15, 0.2) is 36.5 Å². The van der Waals surface area contributed by atoms with Gasteiger partial charge in [0, 0.05) is 37.9 Å². The third-order valence-corrected chi connectivity index (χ3v) is 4.45. The second-order valence-corrected chi connectivity index (χ2v) is 6.92. The van der Waals surface area contributed by atoms with Gasteiger partial charge in [0.25, 0.3) is 0 Å². The predicted octanol–water partition coefficient (Wildman–Crippen LogP) is 3.21. The minimum Gasteiger partial charge on any atom is -0.341 e. The van der Waals surface area contributed by atoms with Crippen molar-refractivity contribution in [3.05, 3.63) is 53.6 Å². The molecule has 1 aromatic carbocycles. The van der Waals surface area contributed by atoms with Crippen LogP contribution < -0.4 is 0 Å². The molecule has 1 amide bonds. The fourth-order valence-electron chi connectivity index (χ4n) is 3.10. The van der Waals surface area contributed by atoms with Crippen LogP contribution in [0, 0.1) is 12.8 Å². The topological polar surface area (TPSA) is 38.1 Å². The first-order chi connectivity index (χ1) is 11.0. The standard InChI is InChI=1S/C19H25N3O/c1-14(2)9-18(23)21-12-17(13-21)19-20-10-15(3)22(19)11-16-7-5-4-6-8-16/h4-8,10,14,17H,9,11-13H2,1-3H3. The monoisotopic (exact) mass is 311 g/mol. The maximum absolute atomic E-state index is 12.1. The van der Waals surface area contributed by atoms with E-state index in [4.69, 9.17) is 0 Å². The molecule has 1 aliphatic heterocycles. The lowest BCUT2D eigenvalue weighted by Gasteiger charge is -2.39. The molecule has 122 valence electrons. The van der Waals surface area contributed by atoms with Crippen LogP contribution in [-0.4, -0.2) is 33.4 Å². The highest BCUT2D eigenvalue weighted by Crippen LogP contribution is 2.28. The van der Waals surface area contributed by atoms with Gasteiger partial charge in [-0.25, -0.2) is 4.98 Å². The van der Waals surface area contributed by atoms with Gasteiger partial charge in [-0.1, -0.05) is 44.2 Å². The Morgan fingerprint density at radius 3 is 2.61 bits per heavy atom. The number of aromatic nitrogens is 2. The fourth-order valence-corrected chi connectivity index (χ4v) is 3.10. The second-order valence-electron chi connectivity index (χ2n) is 6.92. The molecule has 0 N–H and O–H groups in total. The number of imidazole rings is 1. The van der Waals surface area contributed by atoms with Crippen molar-refractivity contribution >= 4 is 5.91 Å². The molecule has 0 atom stereocenters. The average Bonchev–Trinajstić information content (AvgIpc) is 2.79. The zero-order valence-electron chi connectivity index (χ0n) is 14.2. The summed E-state index contributed by atoms with van der Waals surface area (Å²) in [6, 6.07) is 10.5. The van der Waals surface area contributed by atoms with E-state index in [0.717, 1.165) is 25.5 Å². The Balaban J connectivity index is 1.67. The number of benzene rings is 1. The Kier molecular flexibility index (Phi) is 4.51. The zero-order valence-corrected chi connectivity index (χ0v) is 14.2. The quantitative estimate of drug-likeness (QED) is 0.850. The van der Waals surface area contributed by atoms with Crippen molar-refractivity contribution in [2.24, 2.45) is 5.92 Å². The lowest BCUT2D eigenvalue weighted by Crippen LogP contribution is -2.49. The summed E-state index contributed by atoms with van der Waals surface area (Å²) in [5.41, 5.74) is 2.46. The van der Waals surface area contributed by atoms with Gasteiger partial charge in [0.15, 0.2) is 0 Å². The number of likely N-dealkylation sites (tertiary alicyclic amines) is 1. The number of carbonyl (C=O) groups is 1. The molecule has 4 heteroatoms. The predicted molar refractivity (Wildman–Crippen MR) is 91.3 cm³/mol. The van der Waals surface area contributed by atoms with E-state index in [0.29, 0.717) is 18.3 Å². The second kappa shape index (κ2) is 6.57. The van der Waals surface area contributed by atoms with Gasteiger partial charge in [-0.3, -0.25) is 4.79 Å². The minimum atomic E-state index is 0.272. The lowest BCUT2D eigenvalue weighted by atomic mass is 9.97. The van der Waals surface area contributed by atoms with Crippen LogP contribution in [-0.2, 0) is 11.3 Å². The van der Waals surface area contributed by atoms with Crippen LogP contribution in [0.2, 0.25) is 0 Å². The van der Waals surface area contributed by atoms with E-state index < -0.39 is 0 Å². The molecule has 1 saturated heterocycles. The number of amides is 1. The highest BCUT2D eigenvalue weighted by molar-refractivity contribution is 5.77. The van der Waals surface area contributed by atoms with Gasteiger partial charge >= 0.3 is 0 Å². The number of hydrogen-bond acceptors (Lipinski definition) is 2. The van der Waals surface area contributed by atoms with Crippen LogP contribution >= 0.6 is 0 Å². The third kappa shape index (κ3) is 3.46. The van der Waals surface area contributed by atoms with E-state index in [2.05, 4.69) is 54.6 Å². The number of rotatable bonds is 5. The van der Waals surface area contributed by atoms with Crippen LogP contribution in [0.25, 0.3) is 0 Å². The summed E-state index contributed by atoms with van der Waals surface area (Å²) in [7, 11) is 0. The maximum Gasteiger partial charge on any atom is 0.222 e. The molecule has 1 fully saturated rings. The number of hydrogen-bond donors (Lipinski definition) is 0. The van der Waals surface area contributed by atoms with Crippen molar-refractivity contribution in [1.29, 1.82) is 0 Å². The van der Waals surface area contributed by atoms with Crippen molar-refractivity contribution in [2.45, 2.75) is 39.7 Å². The minimum absolute atomic E-state index is 0.272. The molecule has 0 spiro atoms. The highest BCUT2D eigenvalue weighted by atomic mass is 16.2. The molecule has 0 saturated carbocycles. The van der Waals surface area contributed by atoms with E-state index in [-0.39, 0.29) is 5.91 Å². The first-order valence-corrected chi connectivity index (χ1v) is 8.38. The van der Waals surface area contributed by atoms with E-state index in [9.17, 15) is 4.79 Å². The zero-order chi connectivity index (χ0) is 16.4. The normalized spacial score (nSPS) is 15.0. The summed E-state index contributed by atoms with van der Waals surface area (Å²) in [5.74, 6) is 2.17. The summed E-state index contributed by atoms with van der Waals surface area (Å²) in [5, 5.41) is 0. The average molecular weight is 311 g/mol. The molecular weight excluding hydrogens is 286 g/mol. The summed E-state index contributed by atoms with van der Waals surface area (Å²) in [6.07, 6.45) is 2.58. The van der Waals surface area contributed by atoms with Gasteiger partial charge in [-0.15, -0.1) is 0 Å². The van der Waals surface area contributed by atoms with Crippen LogP contribution in [0.3, 0.4) is 0 Å². The van der Waals surface area contributed by atoms with Crippen molar-refractivity contribution in [3.63, 3.8) is 0 Å². The van der Waals surface area contributed by atoms with Crippen molar-refractivity contribution in [1.82, 2.24) is 14.5 Å². The molecule has 3 rings (SSSR count).